The Bertz CT molecular complexity index is 796. The van der Waals surface area contributed by atoms with E-state index in [1.807, 2.05) is 32.0 Å². The molecule has 2 heteroatoms. The predicted molar refractivity (Wildman–Crippen MR) is 105 cm³/mol. The van der Waals surface area contributed by atoms with E-state index in [0.29, 0.717) is 12.5 Å². The van der Waals surface area contributed by atoms with Crippen LogP contribution in [0.2, 0.25) is 0 Å². The molecule has 0 radical (unpaired) electrons. The zero-order valence-corrected chi connectivity index (χ0v) is 14.9. The van der Waals surface area contributed by atoms with Crippen LogP contribution < -0.4 is 10.5 Å². The maximum Gasteiger partial charge on any atom is 0.123 e. The van der Waals surface area contributed by atoms with Crippen molar-refractivity contribution in [3.63, 3.8) is 0 Å². The molecule has 0 amide bonds. The van der Waals surface area contributed by atoms with Crippen molar-refractivity contribution in [3.05, 3.63) is 95.6 Å². The van der Waals surface area contributed by atoms with Gasteiger partial charge in [-0.15, -0.1) is 0 Å². The first-order chi connectivity index (χ1) is 12.3. The lowest BCUT2D eigenvalue weighted by Gasteiger charge is -2.34. The monoisotopic (exact) mass is 331 g/mol. The van der Waals surface area contributed by atoms with Crippen molar-refractivity contribution in [2.75, 3.05) is 12.3 Å². The number of para-hydroxylation sites is 1. The van der Waals surface area contributed by atoms with Gasteiger partial charge in [-0.3, -0.25) is 0 Å². The van der Waals surface area contributed by atoms with Crippen molar-refractivity contribution in [1.29, 1.82) is 0 Å². The van der Waals surface area contributed by atoms with Crippen LogP contribution in [-0.2, 0) is 0 Å². The number of fused-ring (bicyclic) bond motifs is 1. The molecule has 0 bridgehead atoms. The molecule has 3 aromatic rings. The first-order valence-corrected chi connectivity index (χ1v) is 8.95. The van der Waals surface area contributed by atoms with E-state index in [1.54, 1.807) is 0 Å². The smallest absolute Gasteiger partial charge is 0.123 e. The Balaban J connectivity index is 0.000000880. The SMILES string of the molecule is CC.Nc1ccc(C2c3ccccc3OCC2c2ccccc2)cc1. The maximum atomic E-state index is 6.04. The predicted octanol–water partition coefficient (Wildman–Crippen LogP) is 5.60. The molecule has 2 nitrogen and oxygen atoms in total. The van der Waals surface area contributed by atoms with Crippen molar-refractivity contribution in [2.24, 2.45) is 0 Å². The molecule has 0 aromatic heterocycles. The Morgan fingerprint density at radius 1 is 0.760 bits per heavy atom. The topological polar surface area (TPSA) is 35.2 Å². The molecule has 3 aromatic carbocycles. The van der Waals surface area contributed by atoms with Crippen LogP contribution in [0.25, 0.3) is 0 Å². The summed E-state index contributed by atoms with van der Waals surface area (Å²) in [6.45, 7) is 4.69. The van der Waals surface area contributed by atoms with Crippen LogP contribution in [0.15, 0.2) is 78.9 Å². The first-order valence-electron chi connectivity index (χ1n) is 8.95. The summed E-state index contributed by atoms with van der Waals surface area (Å²) in [6, 6.07) is 27.2. The van der Waals surface area contributed by atoms with E-state index in [2.05, 4.69) is 60.7 Å². The average molecular weight is 331 g/mol. The lowest BCUT2D eigenvalue weighted by molar-refractivity contribution is 0.249. The van der Waals surface area contributed by atoms with Gasteiger partial charge in [-0.25, -0.2) is 0 Å². The zero-order valence-electron chi connectivity index (χ0n) is 14.9. The van der Waals surface area contributed by atoms with Crippen LogP contribution in [0.3, 0.4) is 0 Å². The Kier molecular flexibility index (Phi) is 5.39. The summed E-state index contributed by atoms with van der Waals surface area (Å²) in [7, 11) is 0. The second-order valence-corrected chi connectivity index (χ2v) is 6.01. The largest absolute Gasteiger partial charge is 0.493 e. The van der Waals surface area contributed by atoms with Gasteiger partial charge in [-0.1, -0.05) is 74.5 Å². The highest BCUT2D eigenvalue weighted by molar-refractivity contribution is 5.50. The summed E-state index contributed by atoms with van der Waals surface area (Å²) in [4.78, 5) is 0. The van der Waals surface area contributed by atoms with Crippen molar-refractivity contribution in [1.82, 2.24) is 0 Å². The van der Waals surface area contributed by atoms with E-state index < -0.39 is 0 Å². The molecular weight excluding hydrogens is 306 g/mol. The van der Waals surface area contributed by atoms with E-state index in [4.69, 9.17) is 10.5 Å². The molecule has 25 heavy (non-hydrogen) atoms. The molecule has 0 spiro atoms. The van der Waals surface area contributed by atoms with E-state index in [9.17, 15) is 0 Å². The molecule has 4 rings (SSSR count). The first kappa shape index (κ1) is 17.1. The third kappa shape index (κ3) is 3.53. The Labute approximate surface area is 150 Å². The number of anilines is 1. The molecule has 0 aliphatic carbocycles. The van der Waals surface area contributed by atoms with Crippen LogP contribution >= 0.6 is 0 Å². The molecule has 2 atom stereocenters. The van der Waals surface area contributed by atoms with Gasteiger partial charge in [0.1, 0.15) is 5.75 Å². The van der Waals surface area contributed by atoms with Crippen LogP contribution in [0.5, 0.6) is 5.75 Å². The second kappa shape index (κ2) is 7.89. The highest BCUT2D eigenvalue weighted by Gasteiger charge is 2.32. The molecule has 1 aliphatic heterocycles. The molecule has 2 N–H and O–H groups in total. The van der Waals surface area contributed by atoms with Crippen LogP contribution in [0.4, 0.5) is 5.69 Å². The van der Waals surface area contributed by atoms with Gasteiger partial charge in [-0.05, 0) is 29.3 Å². The van der Waals surface area contributed by atoms with Crippen LogP contribution in [-0.4, -0.2) is 6.61 Å². The van der Waals surface area contributed by atoms with Gasteiger partial charge in [-0.2, -0.15) is 0 Å². The zero-order chi connectivity index (χ0) is 17.6. The Morgan fingerprint density at radius 2 is 1.40 bits per heavy atom. The van der Waals surface area contributed by atoms with Gasteiger partial charge in [0.2, 0.25) is 0 Å². The minimum absolute atomic E-state index is 0.281. The maximum absolute atomic E-state index is 6.04. The number of nitrogen functional groups attached to an aromatic ring is 1. The number of nitrogens with two attached hydrogens (primary N) is 1. The van der Waals surface area contributed by atoms with Crippen molar-refractivity contribution >= 4 is 5.69 Å². The second-order valence-electron chi connectivity index (χ2n) is 6.01. The van der Waals surface area contributed by atoms with Crippen molar-refractivity contribution in [3.8, 4) is 5.75 Å². The summed E-state index contributed by atoms with van der Waals surface area (Å²) >= 11 is 0. The van der Waals surface area contributed by atoms with E-state index in [1.165, 1.54) is 16.7 Å². The van der Waals surface area contributed by atoms with E-state index in [-0.39, 0.29) is 5.92 Å². The summed E-state index contributed by atoms with van der Waals surface area (Å²) in [5, 5.41) is 0. The third-order valence-electron chi connectivity index (χ3n) is 4.60. The van der Waals surface area contributed by atoms with E-state index >= 15 is 0 Å². The fourth-order valence-corrected chi connectivity index (χ4v) is 3.47. The molecule has 2 unspecified atom stereocenters. The Morgan fingerprint density at radius 3 is 2.12 bits per heavy atom. The number of ether oxygens (including phenoxy) is 1. The standard InChI is InChI=1S/C21H19NO.C2H6/c22-17-12-10-16(11-13-17)21-18-8-4-5-9-20(18)23-14-19(21)15-6-2-1-3-7-15;1-2/h1-13,19,21H,14,22H2;1-2H3. The quantitative estimate of drug-likeness (QED) is 0.620. The van der Waals surface area contributed by atoms with Crippen molar-refractivity contribution in [2.45, 2.75) is 25.7 Å². The van der Waals surface area contributed by atoms with Gasteiger partial charge in [0.15, 0.2) is 0 Å². The van der Waals surface area contributed by atoms with Gasteiger partial charge in [0, 0.05) is 23.1 Å². The number of hydrogen-bond donors (Lipinski definition) is 1. The minimum Gasteiger partial charge on any atom is -0.493 e. The third-order valence-corrected chi connectivity index (χ3v) is 4.60. The molecule has 1 heterocycles. The normalized spacial score (nSPS) is 18.3. The Hall–Kier alpha value is -2.74. The van der Waals surface area contributed by atoms with Crippen LogP contribution in [0, 0.1) is 0 Å². The number of benzene rings is 3. The fraction of sp³-hybridized carbons (Fsp3) is 0.217. The highest BCUT2D eigenvalue weighted by Crippen LogP contribution is 2.45. The molecule has 0 saturated heterocycles. The summed E-state index contributed by atoms with van der Waals surface area (Å²) < 4.78 is 6.04. The summed E-state index contributed by atoms with van der Waals surface area (Å²) in [5.74, 6) is 1.57. The molecular formula is C23H25NO. The van der Waals surface area contributed by atoms with Crippen molar-refractivity contribution < 1.29 is 4.74 Å². The van der Waals surface area contributed by atoms with Gasteiger partial charge in [0.05, 0.1) is 6.61 Å². The highest BCUT2D eigenvalue weighted by atomic mass is 16.5. The lowest BCUT2D eigenvalue weighted by atomic mass is 9.76. The number of hydrogen-bond acceptors (Lipinski definition) is 2. The summed E-state index contributed by atoms with van der Waals surface area (Å²) in [6.07, 6.45) is 0. The van der Waals surface area contributed by atoms with Gasteiger partial charge >= 0.3 is 0 Å². The van der Waals surface area contributed by atoms with Gasteiger partial charge < -0.3 is 10.5 Å². The molecule has 1 aliphatic rings. The minimum atomic E-state index is 0.281. The fourth-order valence-electron chi connectivity index (χ4n) is 3.47. The summed E-state index contributed by atoms with van der Waals surface area (Å²) in [5.41, 5.74) is 10.5. The van der Waals surface area contributed by atoms with Gasteiger partial charge in [0.25, 0.3) is 0 Å². The van der Waals surface area contributed by atoms with Crippen LogP contribution in [0.1, 0.15) is 42.4 Å². The molecule has 128 valence electrons. The lowest BCUT2D eigenvalue weighted by Crippen LogP contribution is -2.25. The van der Waals surface area contributed by atoms with E-state index in [0.717, 1.165) is 11.4 Å². The number of rotatable bonds is 2. The molecule has 0 fully saturated rings. The molecule has 0 saturated carbocycles. The average Bonchev–Trinajstić information content (AvgIpc) is 2.70.